The average Bonchev–Trinajstić information content (AvgIpc) is 2.50. The third-order valence-electron chi connectivity index (χ3n) is 4.00. The van der Waals surface area contributed by atoms with Crippen LogP contribution in [0.3, 0.4) is 0 Å². The number of carbonyl (C=O) groups excluding carboxylic acids is 1. The molecule has 2 amide bonds. The van der Waals surface area contributed by atoms with E-state index in [1.807, 2.05) is 4.90 Å². The molecule has 0 spiro atoms. The average molecular weight is 339 g/mol. The van der Waals surface area contributed by atoms with E-state index in [1.54, 1.807) is 42.9 Å². The fourth-order valence-corrected chi connectivity index (χ4v) is 2.78. The maximum atomic E-state index is 13.7. The third kappa shape index (κ3) is 3.58. The molecule has 0 bridgehead atoms. The fourth-order valence-electron chi connectivity index (χ4n) is 2.78. The second-order valence-electron chi connectivity index (χ2n) is 6.07. The van der Waals surface area contributed by atoms with Crippen molar-refractivity contribution in [3.8, 4) is 0 Å². The number of carbonyl (C=O) groups is 1. The van der Waals surface area contributed by atoms with Gasteiger partial charge in [0.25, 0.3) is 0 Å². The standard InChI is InChI=1S/C16H23F2N5O/c1-11-13(17)6-12(7-14(11)18)8-20(3)15(19-2)23-9-21(4)16(24)22(5)10-23/h6-7H,8-10H2,1-5H3. The van der Waals surface area contributed by atoms with Gasteiger partial charge >= 0.3 is 6.03 Å². The van der Waals surface area contributed by atoms with Gasteiger partial charge in [0.1, 0.15) is 11.6 Å². The van der Waals surface area contributed by atoms with Crippen LogP contribution in [0, 0.1) is 18.6 Å². The Hall–Kier alpha value is -2.38. The molecule has 0 N–H and O–H groups in total. The van der Waals surface area contributed by atoms with Gasteiger partial charge in [0.2, 0.25) is 0 Å². The lowest BCUT2D eigenvalue weighted by molar-refractivity contribution is 0.0876. The van der Waals surface area contributed by atoms with Gasteiger partial charge in [-0.15, -0.1) is 0 Å². The maximum Gasteiger partial charge on any atom is 0.322 e. The van der Waals surface area contributed by atoms with E-state index in [1.165, 1.54) is 19.1 Å². The molecule has 1 aromatic carbocycles. The number of halogens is 2. The van der Waals surface area contributed by atoms with Gasteiger partial charge in [-0.2, -0.15) is 0 Å². The van der Waals surface area contributed by atoms with Crippen LogP contribution in [0.2, 0.25) is 0 Å². The second kappa shape index (κ2) is 7.02. The first kappa shape index (κ1) is 18.0. The van der Waals surface area contributed by atoms with E-state index < -0.39 is 11.6 Å². The van der Waals surface area contributed by atoms with E-state index in [0.717, 1.165) is 0 Å². The Morgan fingerprint density at radius 3 is 2.17 bits per heavy atom. The zero-order valence-electron chi connectivity index (χ0n) is 14.7. The molecule has 1 aliphatic rings. The Labute approximate surface area is 141 Å². The van der Waals surface area contributed by atoms with Crippen molar-refractivity contribution in [2.24, 2.45) is 4.99 Å². The maximum absolute atomic E-state index is 13.7. The van der Waals surface area contributed by atoms with Crippen molar-refractivity contribution in [2.45, 2.75) is 13.5 Å². The van der Waals surface area contributed by atoms with Crippen LogP contribution >= 0.6 is 0 Å². The van der Waals surface area contributed by atoms with Crippen LogP contribution < -0.4 is 0 Å². The molecule has 0 aliphatic carbocycles. The van der Waals surface area contributed by atoms with Gasteiger partial charge in [-0.1, -0.05) is 0 Å². The number of rotatable bonds is 2. The zero-order valence-corrected chi connectivity index (χ0v) is 14.7. The highest BCUT2D eigenvalue weighted by atomic mass is 19.1. The molecule has 0 unspecified atom stereocenters. The van der Waals surface area contributed by atoms with Crippen molar-refractivity contribution in [3.63, 3.8) is 0 Å². The molecule has 24 heavy (non-hydrogen) atoms. The highest BCUT2D eigenvalue weighted by Gasteiger charge is 2.28. The first-order chi connectivity index (χ1) is 11.2. The molecule has 6 nitrogen and oxygen atoms in total. The number of nitrogens with zero attached hydrogens (tertiary/aromatic N) is 5. The predicted molar refractivity (Wildman–Crippen MR) is 88.4 cm³/mol. The van der Waals surface area contributed by atoms with Crippen molar-refractivity contribution in [1.82, 2.24) is 19.6 Å². The summed E-state index contributed by atoms with van der Waals surface area (Å²) >= 11 is 0. The summed E-state index contributed by atoms with van der Waals surface area (Å²) in [6.07, 6.45) is 0. The van der Waals surface area contributed by atoms with Crippen molar-refractivity contribution >= 4 is 12.0 Å². The molecule has 1 heterocycles. The normalized spacial score (nSPS) is 16.0. The smallest absolute Gasteiger partial charge is 0.322 e. The van der Waals surface area contributed by atoms with Crippen molar-refractivity contribution in [2.75, 3.05) is 41.5 Å². The van der Waals surface area contributed by atoms with Crippen molar-refractivity contribution in [1.29, 1.82) is 0 Å². The third-order valence-corrected chi connectivity index (χ3v) is 4.00. The van der Waals surface area contributed by atoms with Gasteiger partial charge in [-0.25, -0.2) is 13.6 Å². The first-order valence-corrected chi connectivity index (χ1v) is 7.58. The topological polar surface area (TPSA) is 42.4 Å². The molecule has 0 radical (unpaired) electrons. The lowest BCUT2D eigenvalue weighted by atomic mass is 10.1. The van der Waals surface area contributed by atoms with Crippen LogP contribution in [0.25, 0.3) is 0 Å². The zero-order chi connectivity index (χ0) is 18.0. The van der Waals surface area contributed by atoms with E-state index in [9.17, 15) is 13.6 Å². The van der Waals surface area contributed by atoms with Gasteiger partial charge in [-0.3, -0.25) is 4.99 Å². The van der Waals surface area contributed by atoms with Crippen LogP contribution in [0.5, 0.6) is 0 Å². The van der Waals surface area contributed by atoms with Gasteiger partial charge in [-0.05, 0) is 24.6 Å². The molecule has 1 aliphatic heterocycles. The molecule has 0 saturated carbocycles. The number of urea groups is 1. The monoisotopic (exact) mass is 339 g/mol. The molecule has 0 aromatic heterocycles. The quantitative estimate of drug-likeness (QED) is 0.611. The molecule has 8 heteroatoms. The molecule has 1 aromatic rings. The van der Waals surface area contributed by atoms with Crippen LogP contribution in [-0.4, -0.2) is 73.1 Å². The molecule has 2 rings (SSSR count). The molecule has 1 saturated heterocycles. The van der Waals surface area contributed by atoms with Crippen molar-refractivity contribution in [3.05, 3.63) is 34.9 Å². The van der Waals surface area contributed by atoms with E-state index >= 15 is 0 Å². The Bertz CT molecular complexity index is 627. The Kier molecular flexibility index (Phi) is 5.26. The van der Waals surface area contributed by atoms with Crippen molar-refractivity contribution < 1.29 is 13.6 Å². The number of amides is 2. The van der Waals surface area contributed by atoms with Gasteiger partial charge in [0.15, 0.2) is 5.96 Å². The van der Waals surface area contributed by atoms with Gasteiger partial charge in [0.05, 0.1) is 13.3 Å². The lowest BCUT2D eigenvalue weighted by Crippen LogP contribution is -2.59. The summed E-state index contributed by atoms with van der Waals surface area (Å²) in [6, 6.07) is 2.60. The van der Waals surface area contributed by atoms with Crippen LogP contribution in [0.1, 0.15) is 11.1 Å². The van der Waals surface area contributed by atoms with Crippen LogP contribution in [-0.2, 0) is 6.54 Å². The van der Waals surface area contributed by atoms with Gasteiger partial charge in [0, 0.05) is 40.3 Å². The second-order valence-corrected chi connectivity index (χ2v) is 6.07. The number of hydrogen-bond acceptors (Lipinski definition) is 2. The minimum atomic E-state index is -0.559. The molecule has 132 valence electrons. The van der Waals surface area contributed by atoms with E-state index in [0.29, 0.717) is 31.4 Å². The number of benzene rings is 1. The Balaban J connectivity index is 2.15. The summed E-state index contributed by atoms with van der Waals surface area (Å²) in [7, 11) is 6.87. The Morgan fingerprint density at radius 2 is 1.71 bits per heavy atom. The van der Waals surface area contributed by atoms with E-state index in [4.69, 9.17) is 0 Å². The fraction of sp³-hybridized carbons (Fsp3) is 0.500. The largest absolute Gasteiger partial charge is 0.341 e. The first-order valence-electron chi connectivity index (χ1n) is 7.58. The highest BCUT2D eigenvalue weighted by molar-refractivity contribution is 5.82. The molecular formula is C16H23F2N5O. The lowest BCUT2D eigenvalue weighted by Gasteiger charge is -2.42. The summed E-state index contributed by atoms with van der Waals surface area (Å²) < 4.78 is 27.4. The number of guanidine groups is 1. The number of aliphatic imine (C=N–C) groups is 1. The van der Waals surface area contributed by atoms with Crippen LogP contribution in [0.15, 0.2) is 17.1 Å². The molecule has 1 fully saturated rings. The highest BCUT2D eigenvalue weighted by Crippen LogP contribution is 2.17. The predicted octanol–water partition coefficient (Wildman–Crippen LogP) is 1.91. The minimum Gasteiger partial charge on any atom is -0.341 e. The Morgan fingerprint density at radius 1 is 1.21 bits per heavy atom. The number of hydrogen-bond donors (Lipinski definition) is 0. The summed E-state index contributed by atoms with van der Waals surface area (Å²) in [6.45, 7) is 2.51. The summed E-state index contributed by atoms with van der Waals surface area (Å²) in [5.41, 5.74) is 0.539. The van der Waals surface area contributed by atoms with E-state index in [-0.39, 0.29) is 11.6 Å². The van der Waals surface area contributed by atoms with E-state index in [2.05, 4.69) is 4.99 Å². The molecule has 0 atom stereocenters. The van der Waals surface area contributed by atoms with Crippen LogP contribution in [0.4, 0.5) is 13.6 Å². The summed E-state index contributed by atoms with van der Waals surface area (Å²) in [4.78, 5) is 23.0. The minimum absolute atomic E-state index is 0.0172. The van der Waals surface area contributed by atoms with Gasteiger partial charge < -0.3 is 19.6 Å². The SMILES string of the molecule is CN=C(N(C)Cc1cc(F)c(C)c(F)c1)N1CN(C)C(=O)N(C)C1. The summed E-state index contributed by atoms with van der Waals surface area (Å²) in [5, 5.41) is 0. The summed E-state index contributed by atoms with van der Waals surface area (Å²) in [5.74, 6) is -0.476. The molecular weight excluding hydrogens is 316 g/mol.